The second-order valence-corrected chi connectivity index (χ2v) is 5.84. The molecule has 2 rings (SSSR count). The fourth-order valence-corrected chi connectivity index (χ4v) is 2.57. The average molecular weight is 292 g/mol. The molecule has 0 fully saturated rings. The van der Waals surface area contributed by atoms with E-state index in [9.17, 15) is 8.42 Å². The molecule has 0 aliphatic heterocycles. The van der Waals surface area contributed by atoms with E-state index in [0.717, 1.165) is 0 Å². The van der Waals surface area contributed by atoms with Crippen LogP contribution in [0.5, 0.6) is 0 Å². The molecule has 2 aromatic heterocycles. The van der Waals surface area contributed by atoms with Gasteiger partial charge in [-0.2, -0.15) is 10.4 Å². The van der Waals surface area contributed by atoms with Gasteiger partial charge >= 0.3 is 0 Å². The van der Waals surface area contributed by atoms with Crippen molar-refractivity contribution in [3.63, 3.8) is 0 Å². The minimum absolute atomic E-state index is 0.0169. The quantitative estimate of drug-likeness (QED) is 0.881. The predicted molar refractivity (Wildman–Crippen MR) is 70.2 cm³/mol. The topological polar surface area (TPSA) is 114 Å². The highest BCUT2D eigenvalue weighted by atomic mass is 32.2. The Morgan fingerprint density at radius 2 is 1.90 bits per heavy atom. The molecule has 0 aliphatic carbocycles. The number of sulfonamides is 1. The SMILES string of the molecule is Cc1nc(NS(=O)(=O)c2cnn(C)c2)nc(C)c1C#N. The number of aryl methyl sites for hydroxylation is 3. The first-order valence-corrected chi connectivity index (χ1v) is 7.08. The van der Waals surface area contributed by atoms with Crippen molar-refractivity contribution in [1.82, 2.24) is 19.7 Å². The summed E-state index contributed by atoms with van der Waals surface area (Å²) in [4.78, 5) is 7.96. The fourth-order valence-electron chi connectivity index (χ4n) is 1.64. The Labute approximate surface area is 116 Å². The van der Waals surface area contributed by atoms with Crippen LogP contribution in [0.1, 0.15) is 17.0 Å². The number of anilines is 1. The third-order valence-corrected chi connectivity index (χ3v) is 3.88. The number of rotatable bonds is 3. The Balaban J connectivity index is 2.38. The van der Waals surface area contributed by atoms with E-state index in [1.165, 1.54) is 17.1 Å². The van der Waals surface area contributed by atoms with E-state index < -0.39 is 10.0 Å². The summed E-state index contributed by atoms with van der Waals surface area (Å²) in [5, 5.41) is 12.7. The molecule has 2 heterocycles. The lowest BCUT2D eigenvalue weighted by Gasteiger charge is -2.07. The van der Waals surface area contributed by atoms with Crippen molar-refractivity contribution in [2.24, 2.45) is 7.05 Å². The van der Waals surface area contributed by atoms with E-state index in [2.05, 4.69) is 19.8 Å². The second kappa shape index (κ2) is 4.90. The standard InChI is InChI=1S/C11H12N6O2S/c1-7-10(4-12)8(2)15-11(14-7)16-20(18,19)9-5-13-17(3)6-9/h5-6H,1-3H3,(H,14,15,16). The lowest BCUT2D eigenvalue weighted by Crippen LogP contribution is -2.16. The largest absolute Gasteiger partial charge is 0.274 e. The van der Waals surface area contributed by atoms with Gasteiger partial charge in [-0.1, -0.05) is 0 Å². The Morgan fingerprint density at radius 3 is 2.35 bits per heavy atom. The molecule has 0 spiro atoms. The van der Waals surface area contributed by atoms with Crippen molar-refractivity contribution in [2.75, 3.05) is 4.72 Å². The van der Waals surface area contributed by atoms with Crippen LogP contribution < -0.4 is 4.72 Å². The molecular formula is C11H12N6O2S. The third-order valence-electron chi connectivity index (χ3n) is 2.60. The molecule has 2 aromatic rings. The van der Waals surface area contributed by atoms with Crippen LogP contribution in [0.2, 0.25) is 0 Å². The molecule has 0 aliphatic rings. The summed E-state index contributed by atoms with van der Waals surface area (Å²) in [5.41, 5.74) is 1.18. The Morgan fingerprint density at radius 1 is 1.30 bits per heavy atom. The first-order chi connectivity index (χ1) is 9.33. The summed E-state index contributed by atoms with van der Waals surface area (Å²) in [5.74, 6) is -0.0668. The minimum atomic E-state index is -3.79. The molecule has 20 heavy (non-hydrogen) atoms. The van der Waals surface area contributed by atoms with E-state index in [1.54, 1.807) is 20.9 Å². The van der Waals surface area contributed by atoms with Gasteiger partial charge in [0.1, 0.15) is 11.0 Å². The van der Waals surface area contributed by atoms with Crippen molar-refractivity contribution in [2.45, 2.75) is 18.7 Å². The monoisotopic (exact) mass is 292 g/mol. The molecule has 104 valence electrons. The van der Waals surface area contributed by atoms with Crippen molar-refractivity contribution in [1.29, 1.82) is 5.26 Å². The van der Waals surface area contributed by atoms with Crippen LogP contribution in [0.25, 0.3) is 0 Å². The molecule has 0 atom stereocenters. The van der Waals surface area contributed by atoms with Crippen LogP contribution in [0.15, 0.2) is 17.3 Å². The summed E-state index contributed by atoms with van der Waals surface area (Å²) in [6, 6.07) is 1.97. The van der Waals surface area contributed by atoms with Gasteiger partial charge in [0, 0.05) is 13.2 Å². The number of nitrogens with one attached hydrogen (secondary N) is 1. The van der Waals surface area contributed by atoms with Gasteiger partial charge in [-0.25, -0.2) is 23.1 Å². The smallest absolute Gasteiger partial charge is 0.267 e. The van der Waals surface area contributed by atoms with E-state index in [-0.39, 0.29) is 10.8 Å². The predicted octanol–water partition coefficient (Wildman–Crippen LogP) is 0.499. The molecule has 1 N–H and O–H groups in total. The summed E-state index contributed by atoms with van der Waals surface area (Å²) in [6.45, 7) is 3.24. The third kappa shape index (κ3) is 2.60. The van der Waals surface area contributed by atoms with Gasteiger partial charge in [-0.15, -0.1) is 0 Å². The van der Waals surface area contributed by atoms with Crippen molar-refractivity contribution in [3.05, 3.63) is 29.3 Å². The lowest BCUT2D eigenvalue weighted by molar-refractivity contribution is 0.600. The molecule has 0 saturated carbocycles. The van der Waals surface area contributed by atoms with Crippen molar-refractivity contribution >= 4 is 16.0 Å². The molecular weight excluding hydrogens is 280 g/mol. The number of aromatic nitrogens is 4. The van der Waals surface area contributed by atoms with E-state index in [0.29, 0.717) is 17.0 Å². The van der Waals surface area contributed by atoms with Crippen molar-refractivity contribution < 1.29 is 8.42 Å². The Bertz CT molecular complexity index is 780. The van der Waals surface area contributed by atoms with Crippen LogP contribution in [-0.2, 0) is 17.1 Å². The van der Waals surface area contributed by atoms with Gasteiger partial charge in [0.05, 0.1) is 23.1 Å². The second-order valence-electron chi connectivity index (χ2n) is 4.16. The molecule has 0 aromatic carbocycles. The molecule has 0 unspecified atom stereocenters. The van der Waals surface area contributed by atoms with Gasteiger partial charge in [0.15, 0.2) is 0 Å². The molecule has 9 heteroatoms. The normalized spacial score (nSPS) is 11.1. The van der Waals surface area contributed by atoms with Crippen LogP contribution in [-0.4, -0.2) is 28.2 Å². The number of nitrogens with zero attached hydrogens (tertiary/aromatic N) is 5. The number of hydrogen-bond donors (Lipinski definition) is 1. The van der Waals surface area contributed by atoms with Crippen LogP contribution in [0.4, 0.5) is 5.95 Å². The van der Waals surface area contributed by atoms with Crippen LogP contribution in [0.3, 0.4) is 0 Å². The van der Waals surface area contributed by atoms with Gasteiger partial charge in [0.25, 0.3) is 10.0 Å². The first kappa shape index (κ1) is 14.0. The Kier molecular flexibility index (Phi) is 3.42. The first-order valence-electron chi connectivity index (χ1n) is 5.60. The number of nitriles is 1. The lowest BCUT2D eigenvalue weighted by atomic mass is 10.2. The van der Waals surface area contributed by atoms with Gasteiger partial charge in [-0.05, 0) is 13.8 Å². The zero-order valence-corrected chi connectivity index (χ0v) is 11.9. The van der Waals surface area contributed by atoms with Gasteiger partial charge < -0.3 is 0 Å². The summed E-state index contributed by atoms with van der Waals surface area (Å²) in [6.07, 6.45) is 2.59. The fraction of sp³-hybridized carbons (Fsp3) is 0.273. The zero-order valence-electron chi connectivity index (χ0n) is 11.1. The molecule has 0 radical (unpaired) electrons. The highest BCUT2D eigenvalue weighted by Gasteiger charge is 2.18. The summed E-state index contributed by atoms with van der Waals surface area (Å²) >= 11 is 0. The highest BCUT2D eigenvalue weighted by Crippen LogP contribution is 2.15. The summed E-state index contributed by atoms with van der Waals surface area (Å²) in [7, 11) is -2.17. The minimum Gasteiger partial charge on any atom is -0.274 e. The highest BCUT2D eigenvalue weighted by molar-refractivity contribution is 7.92. The Hall–Kier alpha value is -2.47. The molecule has 0 amide bonds. The van der Waals surface area contributed by atoms with E-state index in [4.69, 9.17) is 5.26 Å². The van der Waals surface area contributed by atoms with E-state index in [1.807, 2.05) is 6.07 Å². The van der Waals surface area contributed by atoms with Gasteiger partial charge in [-0.3, -0.25) is 4.68 Å². The van der Waals surface area contributed by atoms with Crippen LogP contribution in [0, 0.1) is 25.2 Å². The average Bonchev–Trinajstić information content (AvgIpc) is 2.75. The maximum atomic E-state index is 12.1. The molecule has 0 bridgehead atoms. The zero-order chi connectivity index (χ0) is 14.9. The molecule has 0 saturated heterocycles. The molecule has 8 nitrogen and oxygen atoms in total. The number of hydrogen-bond acceptors (Lipinski definition) is 6. The van der Waals surface area contributed by atoms with Crippen LogP contribution >= 0.6 is 0 Å². The maximum Gasteiger partial charge on any atom is 0.267 e. The van der Waals surface area contributed by atoms with Gasteiger partial charge in [0.2, 0.25) is 5.95 Å². The maximum absolute atomic E-state index is 12.1. The van der Waals surface area contributed by atoms with Crippen molar-refractivity contribution in [3.8, 4) is 6.07 Å². The summed E-state index contributed by atoms with van der Waals surface area (Å²) < 4.78 is 27.8. The van der Waals surface area contributed by atoms with E-state index >= 15 is 0 Å².